The van der Waals surface area contributed by atoms with Gasteiger partial charge in [0.2, 0.25) is 0 Å². The van der Waals surface area contributed by atoms with Crippen LogP contribution >= 0.6 is 23.2 Å². The number of aromatic carboxylic acids is 1. The second-order valence-electron chi connectivity index (χ2n) is 3.63. The molecule has 0 fully saturated rings. The molecule has 1 aromatic heterocycles. The number of carbonyl (C=O) groups is 2. The number of aliphatic carboxylic acids is 1. The number of fused-ring (bicyclic) bond motifs is 1. The van der Waals surface area contributed by atoms with Gasteiger partial charge >= 0.3 is 11.9 Å². The van der Waals surface area contributed by atoms with E-state index >= 15 is 0 Å². The fourth-order valence-electron chi connectivity index (χ4n) is 1.81. The Hall–Kier alpha value is -1.72. The van der Waals surface area contributed by atoms with Crippen LogP contribution in [0.5, 0.6) is 0 Å². The van der Waals surface area contributed by atoms with Crippen molar-refractivity contribution in [3.63, 3.8) is 0 Å². The Balaban J connectivity index is 2.85. The molecule has 0 saturated carbocycles. The van der Waals surface area contributed by atoms with Gasteiger partial charge in [-0.25, -0.2) is 4.79 Å². The zero-order valence-electron chi connectivity index (χ0n) is 8.83. The highest BCUT2D eigenvalue weighted by atomic mass is 35.5. The Labute approximate surface area is 111 Å². The second-order valence-corrected chi connectivity index (χ2v) is 4.45. The van der Waals surface area contributed by atoms with E-state index in [-0.39, 0.29) is 21.3 Å². The molecular weight excluding hydrogens is 281 g/mol. The zero-order valence-corrected chi connectivity index (χ0v) is 10.3. The first-order chi connectivity index (χ1) is 8.41. The number of aromatic amines is 1. The SMILES string of the molecule is O=C(O)Cc1c(C(=O)O)[nH]c2c(Cl)ccc(Cl)c12. The first-order valence-corrected chi connectivity index (χ1v) is 5.61. The molecule has 0 amide bonds. The molecule has 0 bridgehead atoms. The molecule has 7 heteroatoms. The van der Waals surface area contributed by atoms with Crippen LogP contribution in [0, 0.1) is 0 Å². The molecule has 18 heavy (non-hydrogen) atoms. The number of benzene rings is 1. The summed E-state index contributed by atoms with van der Waals surface area (Å²) in [5.41, 5.74) is 0.248. The summed E-state index contributed by atoms with van der Waals surface area (Å²) in [4.78, 5) is 24.5. The summed E-state index contributed by atoms with van der Waals surface area (Å²) in [6.45, 7) is 0. The molecule has 1 aromatic carbocycles. The highest BCUT2D eigenvalue weighted by Crippen LogP contribution is 2.34. The third-order valence-electron chi connectivity index (χ3n) is 2.50. The molecule has 0 atom stereocenters. The lowest BCUT2D eigenvalue weighted by molar-refractivity contribution is -0.136. The van der Waals surface area contributed by atoms with Crippen molar-refractivity contribution in [2.24, 2.45) is 0 Å². The van der Waals surface area contributed by atoms with Crippen molar-refractivity contribution in [3.8, 4) is 0 Å². The molecule has 2 rings (SSSR count). The number of carboxylic acid groups (broad SMARTS) is 2. The predicted molar refractivity (Wildman–Crippen MR) is 66.6 cm³/mol. The molecule has 0 aliphatic rings. The number of aromatic nitrogens is 1. The van der Waals surface area contributed by atoms with Crippen molar-refractivity contribution in [2.75, 3.05) is 0 Å². The van der Waals surface area contributed by atoms with Gasteiger partial charge in [0, 0.05) is 10.9 Å². The van der Waals surface area contributed by atoms with Crippen molar-refractivity contribution in [1.82, 2.24) is 4.98 Å². The van der Waals surface area contributed by atoms with E-state index in [0.29, 0.717) is 10.9 Å². The topological polar surface area (TPSA) is 90.4 Å². The summed E-state index contributed by atoms with van der Waals surface area (Å²) in [6.07, 6.45) is -0.443. The number of hydrogen-bond donors (Lipinski definition) is 3. The normalized spacial score (nSPS) is 10.8. The van der Waals surface area contributed by atoms with Gasteiger partial charge in [0.05, 0.1) is 22.0 Å². The van der Waals surface area contributed by atoms with Crippen LogP contribution in [0.4, 0.5) is 0 Å². The summed E-state index contributed by atoms with van der Waals surface area (Å²) >= 11 is 11.9. The fraction of sp³-hybridized carbons (Fsp3) is 0.0909. The van der Waals surface area contributed by atoms with Crippen LogP contribution in [0.15, 0.2) is 12.1 Å². The predicted octanol–water partition coefficient (Wildman–Crippen LogP) is 2.80. The lowest BCUT2D eigenvalue weighted by atomic mass is 10.1. The van der Waals surface area contributed by atoms with E-state index in [4.69, 9.17) is 33.4 Å². The minimum Gasteiger partial charge on any atom is -0.481 e. The van der Waals surface area contributed by atoms with Gasteiger partial charge < -0.3 is 15.2 Å². The Kier molecular flexibility index (Phi) is 3.19. The number of carboxylic acids is 2. The molecule has 94 valence electrons. The van der Waals surface area contributed by atoms with E-state index in [0.717, 1.165) is 0 Å². The number of rotatable bonds is 3. The lowest BCUT2D eigenvalue weighted by Crippen LogP contribution is -2.06. The van der Waals surface area contributed by atoms with Gasteiger partial charge in [0.1, 0.15) is 5.69 Å². The molecule has 0 saturated heterocycles. The fourth-order valence-corrected chi connectivity index (χ4v) is 2.28. The summed E-state index contributed by atoms with van der Waals surface area (Å²) in [6, 6.07) is 3.01. The summed E-state index contributed by atoms with van der Waals surface area (Å²) in [5.74, 6) is -2.40. The van der Waals surface area contributed by atoms with E-state index in [1.54, 1.807) is 0 Å². The summed E-state index contributed by atoms with van der Waals surface area (Å²) in [5, 5.41) is 18.8. The highest BCUT2D eigenvalue weighted by molar-refractivity contribution is 6.40. The monoisotopic (exact) mass is 287 g/mol. The summed E-state index contributed by atoms with van der Waals surface area (Å²) < 4.78 is 0. The third kappa shape index (κ3) is 2.02. The highest BCUT2D eigenvalue weighted by Gasteiger charge is 2.22. The van der Waals surface area contributed by atoms with Crippen molar-refractivity contribution >= 4 is 46.0 Å². The van der Waals surface area contributed by atoms with Gasteiger partial charge in [0.25, 0.3) is 0 Å². The second kappa shape index (κ2) is 4.51. The van der Waals surface area contributed by atoms with Gasteiger partial charge in [-0.05, 0) is 12.1 Å². The number of hydrogen-bond acceptors (Lipinski definition) is 2. The van der Waals surface area contributed by atoms with Gasteiger partial charge in [-0.15, -0.1) is 0 Å². The van der Waals surface area contributed by atoms with Gasteiger partial charge in [0.15, 0.2) is 0 Å². The van der Waals surface area contributed by atoms with Gasteiger partial charge in [-0.3, -0.25) is 4.79 Å². The number of nitrogens with one attached hydrogen (secondary N) is 1. The molecule has 0 aliphatic carbocycles. The van der Waals surface area contributed by atoms with Crippen LogP contribution in [0.2, 0.25) is 10.0 Å². The maximum absolute atomic E-state index is 11.1. The van der Waals surface area contributed by atoms with Crippen molar-refractivity contribution in [2.45, 2.75) is 6.42 Å². The molecule has 0 spiro atoms. The lowest BCUT2D eigenvalue weighted by Gasteiger charge is -2.00. The Morgan fingerprint density at radius 3 is 2.33 bits per heavy atom. The molecule has 5 nitrogen and oxygen atoms in total. The van der Waals surface area contributed by atoms with Gasteiger partial charge in [-0.2, -0.15) is 0 Å². The van der Waals surface area contributed by atoms with E-state index in [9.17, 15) is 9.59 Å². The van der Waals surface area contributed by atoms with E-state index < -0.39 is 18.4 Å². The Morgan fingerprint density at radius 2 is 1.78 bits per heavy atom. The molecule has 2 aromatic rings. The zero-order chi connectivity index (χ0) is 13.4. The Morgan fingerprint density at radius 1 is 1.17 bits per heavy atom. The average Bonchev–Trinajstić information content (AvgIpc) is 2.63. The number of H-pyrrole nitrogens is 1. The minimum atomic E-state index is -1.26. The van der Waals surface area contributed by atoms with Crippen molar-refractivity contribution in [1.29, 1.82) is 0 Å². The number of halogens is 2. The maximum atomic E-state index is 11.1. The van der Waals surface area contributed by atoms with Crippen molar-refractivity contribution in [3.05, 3.63) is 33.4 Å². The first-order valence-electron chi connectivity index (χ1n) is 4.85. The quantitative estimate of drug-likeness (QED) is 0.810. The average molecular weight is 288 g/mol. The molecule has 0 aliphatic heterocycles. The molecule has 0 radical (unpaired) electrons. The van der Waals surface area contributed by atoms with E-state index in [1.807, 2.05) is 0 Å². The minimum absolute atomic E-state index is 0.123. The van der Waals surface area contributed by atoms with Crippen LogP contribution < -0.4 is 0 Å². The largest absolute Gasteiger partial charge is 0.481 e. The maximum Gasteiger partial charge on any atom is 0.352 e. The van der Waals surface area contributed by atoms with Crippen molar-refractivity contribution < 1.29 is 19.8 Å². The van der Waals surface area contributed by atoms with Crippen LogP contribution in [0.25, 0.3) is 10.9 Å². The smallest absolute Gasteiger partial charge is 0.352 e. The first kappa shape index (κ1) is 12.7. The molecular formula is C11H7Cl2NO4. The third-order valence-corrected chi connectivity index (χ3v) is 3.13. The molecule has 0 unspecified atom stereocenters. The van der Waals surface area contributed by atoms with Crippen LogP contribution in [-0.2, 0) is 11.2 Å². The van der Waals surface area contributed by atoms with Crippen LogP contribution in [0.1, 0.15) is 16.1 Å². The van der Waals surface area contributed by atoms with E-state index in [2.05, 4.69) is 4.98 Å². The Bertz CT molecular complexity index is 663. The molecule has 1 heterocycles. The van der Waals surface area contributed by atoms with Crippen LogP contribution in [0.3, 0.4) is 0 Å². The van der Waals surface area contributed by atoms with Gasteiger partial charge in [-0.1, -0.05) is 23.2 Å². The summed E-state index contributed by atoms with van der Waals surface area (Å²) in [7, 11) is 0. The standard InChI is InChI=1S/C11H7Cl2NO4/c12-5-1-2-6(13)10-8(5)4(3-7(15)16)9(14-10)11(17)18/h1-2,14H,3H2,(H,15,16)(H,17,18). The van der Waals surface area contributed by atoms with Crippen LogP contribution in [-0.4, -0.2) is 27.1 Å². The molecule has 3 N–H and O–H groups in total. The van der Waals surface area contributed by atoms with E-state index in [1.165, 1.54) is 12.1 Å².